The average molecular weight is 299 g/mol. The van der Waals surface area contributed by atoms with Crippen molar-refractivity contribution >= 4 is 17.5 Å². The maximum absolute atomic E-state index is 11.9. The minimum atomic E-state index is -0.222. The van der Waals surface area contributed by atoms with Gasteiger partial charge in [0.25, 0.3) is 5.91 Å². The zero-order valence-corrected chi connectivity index (χ0v) is 12.2. The fourth-order valence-corrected chi connectivity index (χ4v) is 1.87. The van der Waals surface area contributed by atoms with Crippen molar-refractivity contribution < 1.29 is 14.3 Å². The summed E-state index contributed by atoms with van der Waals surface area (Å²) < 4.78 is 4.76. The van der Waals surface area contributed by atoms with E-state index in [9.17, 15) is 9.59 Å². The first-order valence-electron chi connectivity index (χ1n) is 6.75. The summed E-state index contributed by atoms with van der Waals surface area (Å²) in [7, 11) is 1.46. The first-order chi connectivity index (χ1) is 10.7. The SMILES string of the molecule is COCC(=O)Nc1cccc(CNC(=O)c2ccncc2)c1. The van der Waals surface area contributed by atoms with Gasteiger partial charge in [0.15, 0.2) is 0 Å². The molecule has 2 aromatic rings. The van der Waals surface area contributed by atoms with Gasteiger partial charge in [-0.3, -0.25) is 14.6 Å². The number of pyridine rings is 1. The van der Waals surface area contributed by atoms with Crippen LogP contribution in [-0.4, -0.2) is 30.5 Å². The lowest BCUT2D eigenvalue weighted by Crippen LogP contribution is -2.23. The molecule has 0 bridgehead atoms. The van der Waals surface area contributed by atoms with Crippen LogP contribution in [0.3, 0.4) is 0 Å². The van der Waals surface area contributed by atoms with Crippen LogP contribution in [0.25, 0.3) is 0 Å². The molecule has 0 fully saturated rings. The molecule has 114 valence electrons. The largest absolute Gasteiger partial charge is 0.375 e. The van der Waals surface area contributed by atoms with Crippen molar-refractivity contribution in [3.63, 3.8) is 0 Å². The van der Waals surface area contributed by atoms with Gasteiger partial charge in [0.1, 0.15) is 6.61 Å². The number of anilines is 1. The van der Waals surface area contributed by atoms with E-state index in [1.54, 1.807) is 36.7 Å². The van der Waals surface area contributed by atoms with Crippen LogP contribution in [0, 0.1) is 0 Å². The van der Waals surface area contributed by atoms with Crippen molar-refractivity contribution in [2.75, 3.05) is 19.0 Å². The molecule has 22 heavy (non-hydrogen) atoms. The molecule has 0 atom stereocenters. The van der Waals surface area contributed by atoms with Gasteiger partial charge >= 0.3 is 0 Å². The molecule has 6 nitrogen and oxygen atoms in total. The smallest absolute Gasteiger partial charge is 0.251 e. The molecular weight excluding hydrogens is 282 g/mol. The van der Waals surface area contributed by atoms with Gasteiger partial charge in [-0.05, 0) is 29.8 Å². The molecule has 0 aliphatic carbocycles. The monoisotopic (exact) mass is 299 g/mol. The number of benzene rings is 1. The second kappa shape index (κ2) is 7.90. The number of hydrogen-bond donors (Lipinski definition) is 2. The lowest BCUT2D eigenvalue weighted by Gasteiger charge is -2.08. The minimum absolute atomic E-state index is 0.00298. The molecule has 2 N–H and O–H groups in total. The summed E-state index contributed by atoms with van der Waals surface area (Å²) in [6.45, 7) is 0.373. The zero-order chi connectivity index (χ0) is 15.8. The molecule has 1 aromatic carbocycles. The predicted octanol–water partition coefficient (Wildman–Crippen LogP) is 1.60. The summed E-state index contributed by atoms with van der Waals surface area (Å²) in [5, 5.41) is 5.53. The van der Waals surface area contributed by atoms with E-state index in [-0.39, 0.29) is 18.4 Å². The van der Waals surface area contributed by atoms with Gasteiger partial charge in [-0.15, -0.1) is 0 Å². The van der Waals surface area contributed by atoms with Crippen LogP contribution in [0.1, 0.15) is 15.9 Å². The third kappa shape index (κ3) is 4.68. The number of carbonyl (C=O) groups excluding carboxylic acids is 2. The predicted molar refractivity (Wildman–Crippen MR) is 82.4 cm³/mol. The number of rotatable bonds is 6. The quantitative estimate of drug-likeness (QED) is 0.849. The Morgan fingerprint density at radius 1 is 1.18 bits per heavy atom. The molecule has 0 saturated carbocycles. The third-order valence-corrected chi connectivity index (χ3v) is 2.88. The van der Waals surface area contributed by atoms with E-state index in [4.69, 9.17) is 4.74 Å². The Kier molecular flexibility index (Phi) is 5.62. The Bertz CT molecular complexity index is 644. The molecule has 2 rings (SSSR count). The number of nitrogens with zero attached hydrogens (tertiary/aromatic N) is 1. The second-order valence-corrected chi connectivity index (χ2v) is 4.60. The Labute approximate surface area is 128 Å². The summed E-state index contributed by atoms with van der Waals surface area (Å²) in [6.07, 6.45) is 3.14. The fourth-order valence-electron chi connectivity index (χ4n) is 1.87. The third-order valence-electron chi connectivity index (χ3n) is 2.88. The number of aromatic nitrogens is 1. The summed E-state index contributed by atoms with van der Waals surface area (Å²) in [5.74, 6) is -0.392. The number of nitrogens with one attached hydrogen (secondary N) is 2. The van der Waals surface area contributed by atoms with E-state index in [1.807, 2.05) is 12.1 Å². The zero-order valence-electron chi connectivity index (χ0n) is 12.2. The molecule has 6 heteroatoms. The number of ether oxygens (including phenoxy) is 1. The first-order valence-corrected chi connectivity index (χ1v) is 6.75. The average Bonchev–Trinajstić information content (AvgIpc) is 2.54. The van der Waals surface area contributed by atoms with Crippen molar-refractivity contribution in [2.24, 2.45) is 0 Å². The maximum Gasteiger partial charge on any atom is 0.251 e. The Morgan fingerprint density at radius 2 is 1.95 bits per heavy atom. The topological polar surface area (TPSA) is 80.3 Å². The maximum atomic E-state index is 11.9. The van der Waals surface area contributed by atoms with Crippen molar-refractivity contribution in [1.29, 1.82) is 0 Å². The van der Waals surface area contributed by atoms with Gasteiger partial charge in [-0.1, -0.05) is 12.1 Å². The Balaban J connectivity index is 1.93. The van der Waals surface area contributed by atoms with Crippen LogP contribution in [0.5, 0.6) is 0 Å². The van der Waals surface area contributed by atoms with Crippen molar-refractivity contribution in [3.05, 3.63) is 59.9 Å². The molecule has 0 aliphatic rings. The number of hydrogen-bond acceptors (Lipinski definition) is 4. The van der Waals surface area contributed by atoms with Gasteiger partial charge in [0.05, 0.1) is 0 Å². The molecule has 0 saturated heterocycles. The van der Waals surface area contributed by atoms with E-state index in [0.717, 1.165) is 5.56 Å². The van der Waals surface area contributed by atoms with Crippen LogP contribution >= 0.6 is 0 Å². The molecule has 0 spiro atoms. The highest BCUT2D eigenvalue weighted by Crippen LogP contribution is 2.10. The van der Waals surface area contributed by atoms with Crippen LogP contribution in [0.15, 0.2) is 48.8 Å². The van der Waals surface area contributed by atoms with E-state index in [1.165, 1.54) is 7.11 Å². The highest BCUT2D eigenvalue weighted by molar-refractivity contribution is 5.94. The van der Waals surface area contributed by atoms with Crippen molar-refractivity contribution in [2.45, 2.75) is 6.54 Å². The van der Waals surface area contributed by atoms with Gasteiger partial charge in [-0.25, -0.2) is 0 Å². The summed E-state index contributed by atoms with van der Waals surface area (Å²) >= 11 is 0. The molecule has 2 amide bonds. The molecule has 1 heterocycles. The van der Waals surface area contributed by atoms with E-state index >= 15 is 0 Å². The van der Waals surface area contributed by atoms with Crippen molar-refractivity contribution in [1.82, 2.24) is 10.3 Å². The van der Waals surface area contributed by atoms with Gasteiger partial charge in [0.2, 0.25) is 5.91 Å². The van der Waals surface area contributed by atoms with E-state index < -0.39 is 0 Å². The highest BCUT2D eigenvalue weighted by Gasteiger charge is 2.05. The van der Waals surface area contributed by atoms with Gasteiger partial charge in [0, 0.05) is 37.3 Å². The highest BCUT2D eigenvalue weighted by atomic mass is 16.5. The summed E-state index contributed by atoms with van der Waals surface area (Å²) in [4.78, 5) is 27.3. The van der Waals surface area contributed by atoms with Crippen LogP contribution < -0.4 is 10.6 Å². The summed E-state index contributed by atoms with van der Waals surface area (Å²) in [5.41, 5.74) is 2.11. The van der Waals surface area contributed by atoms with Crippen molar-refractivity contribution in [3.8, 4) is 0 Å². The Morgan fingerprint density at radius 3 is 2.68 bits per heavy atom. The minimum Gasteiger partial charge on any atom is -0.375 e. The number of amides is 2. The van der Waals surface area contributed by atoms with Crippen LogP contribution in [-0.2, 0) is 16.1 Å². The molecule has 0 radical (unpaired) electrons. The Hall–Kier alpha value is -2.73. The molecule has 1 aromatic heterocycles. The van der Waals surface area contributed by atoms with E-state index in [0.29, 0.717) is 17.8 Å². The number of methoxy groups -OCH3 is 1. The van der Waals surface area contributed by atoms with Gasteiger partial charge < -0.3 is 15.4 Å². The number of carbonyl (C=O) groups is 2. The standard InChI is InChI=1S/C16H17N3O3/c1-22-11-15(20)19-14-4-2-3-12(9-14)10-18-16(21)13-5-7-17-8-6-13/h2-9H,10-11H2,1H3,(H,18,21)(H,19,20). The van der Waals surface area contributed by atoms with E-state index in [2.05, 4.69) is 15.6 Å². The molecule has 0 unspecified atom stereocenters. The lowest BCUT2D eigenvalue weighted by atomic mass is 10.2. The van der Waals surface area contributed by atoms with Crippen LogP contribution in [0.4, 0.5) is 5.69 Å². The normalized spacial score (nSPS) is 10.0. The molecular formula is C16H17N3O3. The molecule has 0 aliphatic heterocycles. The first kappa shape index (κ1) is 15.7. The van der Waals surface area contributed by atoms with Gasteiger partial charge in [-0.2, -0.15) is 0 Å². The van der Waals surface area contributed by atoms with Crippen LogP contribution in [0.2, 0.25) is 0 Å². The lowest BCUT2D eigenvalue weighted by molar-refractivity contribution is -0.119. The second-order valence-electron chi connectivity index (χ2n) is 4.60. The fraction of sp³-hybridized carbons (Fsp3) is 0.188. The summed E-state index contributed by atoms with van der Waals surface area (Å²) in [6, 6.07) is 10.6.